The third kappa shape index (κ3) is 6.78. The molecule has 0 fully saturated rings. The number of quaternary nitrogens is 1. The van der Waals surface area contributed by atoms with Gasteiger partial charge in [-0.1, -0.05) is 5.92 Å². The second-order valence-corrected chi connectivity index (χ2v) is 6.82. The number of rotatable bonds is 8. The van der Waals surface area contributed by atoms with Crippen LogP contribution in [0.4, 0.5) is 5.69 Å². The maximum Gasteiger partial charge on any atom is 0.269 e. The fraction of sp³-hybridized carbons (Fsp3) is 0.529. The standard InChI is InChI=1S/C17H25N2O4/c1-6-17(2,3)23-13-16(20)12-19(4,5)11-14-7-9-15(10-8-14)18(21)22/h1,7-10,16,20H,11-13H2,2-5H3/q+1. The number of nitrogens with zero attached hydrogens (tertiary/aromatic N) is 2. The molecule has 0 aliphatic carbocycles. The number of hydrogen-bond acceptors (Lipinski definition) is 4. The van der Waals surface area contributed by atoms with Gasteiger partial charge in [0.05, 0.1) is 25.6 Å². The lowest BCUT2D eigenvalue weighted by Gasteiger charge is -2.32. The van der Waals surface area contributed by atoms with E-state index < -0.39 is 16.6 Å². The van der Waals surface area contributed by atoms with Crippen molar-refractivity contribution in [3.8, 4) is 12.3 Å². The van der Waals surface area contributed by atoms with E-state index in [4.69, 9.17) is 11.2 Å². The van der Waals surface area contributed by atoms with Crippen molar-refractivity contribution in [2.45, 2.75) is 32.1 Å². The van der Waals surface area contributed by atoms with Crippen LogP contribution in [0.2, 0.25) is 0 Å². The van der Waals surface area contributed by atoms with Crippen molar-refractivity contribution in [1.82, 2.24) is 0 Å². The first kappa shape index (κ1) is 19.1. The van der Waals surface area contributed by atoms with Gasteiger partial charge in [0.2, 0.25) is 0 Å². The molecular weight excluding hydrogens is 296 g/mol. The first-order valence-electron chi connectivity index (χ1n) is 7.40. The van der Waals surface area contributed by atoms with Crippen LogP contribution in [-0.4, -0.2) is 53.5 Å². The van der Waals surface area contributed by atoms with Crippen LogP contribution in [0.5, 0.6) is 0 Å². The second-order valence-electron chi connectivity index (χ2n) is 6.82. The van der Waals surface area contributed by atoms with E-state index in [9.17, 15) is 15.2 Å². The van der Waals surface area contributed by atoms with Crippen molar-refractivity contribution in [3.63, 3.8) is 0 Å². The van der Waals surface area contributed by atoms with Gasteiger partial charge in [-0.15, -0.1) is 6.42 Å². The van der Waals surface area contributed by atoms with E-state index >= 15 is 0 Å². The summed E-state index contributed by atoms with van der Waals surface area (Å²) in [7, 11) is 3.97. The smallest absolute Gasteiger partial charge is 0.269 e. The molecule has 0 spiro atoms. The van der Waals surface area contributed by atoms with Crippen LogP contribution >= 0.6 is 0 Å². The van der Waals surface area contributed by atoms with Gasteiger partial charge >= 0.3 is 0 Å². The van der Waals surface area contributed by atoms with Crippen LogP contribution in [0.1, 0.15) is 19.4 Å². The maximum atomic E-state index is 10.7. The Hall–Kier alpha value is -1.94. The number of terminal acetylenes is 1. The molecule has 0 saturated heterocycles. The number of aliphatic hydroxyl groups is 1. The minimum Gasteiger partial charge on any atom is -0.385 e. The summed E-state index contributed by atoms with van der Waals surface area (Å²) >= 11 is 0. The quantitative estimate of drug-likeness (QED) is 0.344. The molecular formula is C17H25N2O4+. The van der Waals surface area contributed by atoms with Crippen LogP contribution in [0.25, 0.3) is 0 Å². The monoisotopic (exact) mass is 321 g/mol. The summed E-state index contributed by atoms with van der Waals surface area (Å²) in [6.45, 7) is 4.84. The van der Waals surface area contributed by atoms with Gasteiger partial charge in [0.1, 0.15) is 24.8 Å². The molecule has 1 rings (SSSR count). The fourth-order valence-corrected chi connectivity index (χ4v) is 2.25. The zero-order chi connectivity index (χ0) is 17.7. The van der Waals surface area contributed by atoms with E-state index in [0.29, 0.717) is 17.6 Å². The first-order valence-corrected chi connectivity index (χ1v) is 7.40. The summed E-state index contributed by atoms with van der Waals surface area (Å²) in [5.41, 5.74) is 0.345. The average molecular weight is 321 g/mol. The Labute approximate surface area is 137 Å². The number of benzene rings is 1. The molecule has 126 valence electrons. The third-order valence-electron chi connectivity index (χ3n) is 3.45. The molecule has 0 aliphatic rings. The Morgan fingerprint density at radius 3 is 2.43 bits per heavy atom. The molecule has 1 aromatic carbocycles. The molecule has 0 amide bonds. The van der Waals surface area contributed by atoms with Crippen molar-refractivity contribution in [2.75, 3.05) is 27.2 Å². The molecule has 0 bridgehead atoms. The van der Waals surface area contributed by atoms with Crippen molar-refractivity contribution in [2.24, 2.45) is 0 Å². The lowest BCUT2D eigenvalue weighted by Crippen LogP contribution is -2.46. The number of hydrogen-bond donors (Lipinski definition) is 1. The average Bonchev–Trinajstić information content (AvgIpc) is 2.45. The first-order chi connectivity index (χ1) is 10.5. The van der Waals surface area contributed by atoms with Crippen LogP contribution < -0.4 is 0 Å². The number of non-ortho nitro benzene ring substituents is 1. The third-order valence-corrected chi connectivity index (χ3v) is 3.45. The maximum absolute atomic E-state index is 10.7. The van der Waals surface area contributed by atoms with Crippen LogP contribution in [0.15, 0.2) is 24.3 Å². The summed E-state index contributed by atoms with van der Waals surface area (Å²) in [5.74, 6) is 2.52. The van der Waals surface area contributed by atoms with Crippen LogP contribution in [0.3, 0.4) is 0 Å². The summed E-state index contributed by atoms with van der Waals surface area (Å²) in [6.07, 6.45) is 4.70. The van der Waals surface area contributed by atoms with Gasteiger partial charge in [0.15, 0.2) is 0 Å². The van der Waals surface area contributed by atoms with E-state index in [-0.39, 0.29) is 12.3 Å². The number of ether oxygens (including phenoxy) is 1. The van der Waals surface area contributed by atoms with Gasteiger partial charge in [0, 0.05) is 17.7 Å². The van der Waals surface area contributed by atoms with Gasteiger partial charge in [0.25, 0.3) is 5.69 Å². The molecule has 1 aromatic rings. The number of aliphatic hydroxyl groups excluding tert-OH is 1. The highest BCUT2D eigenvalue weighted by molar-refractivity contribution is 5.32. The number of nitro groups is 1. The molecule has 1 N–H and O–H groups in total. The molecule has 0 aromatic heterocycles. The van der Waals surface area contributed by atoms with E-state index in [2.05, 4.69) is 5.92 Å². The highest BCUT2D eigenvalue weighted by Crippen LogP contribution is 2.16. The minimum absolute atomic E-state index is 0.0732. The van der Waals surface area contributed by atoms with Gasteiger partial charge in [-0.05, 0) is 26.0 Å². The van der Waals surface area contributed by atoms with E-state index in [1.807, 2.05) is 14.1 Å². The summed E-state index contributed by atoms with van der Waals surface area (Å²) in [5, 5.41) is 20.8. The van der Waals surface area contributed by atoms with E-state index in [1.54, 1.807) is 26.0 Å². The Morgan fingerprint density at radius 1 is 1.39 bits per heavy atom. The summed E-state index contributed by atoms with van der Waals surface area (Å²) in [4.78, 5) is 10.2. The van der Waals surface area contributed by atoms with Crippen LogP contribution in [-0.2, 0) is 11.3 Å². The van der Waals surface area contributed by atoms with Crippen LogP contribution in [0, 0.1) is 22.5 Å². The van der Waals surface area contributed by atoms with Gasteiger partial charge in [-0.25, -0.2) is 0 Å². The Bertz CT molecular complexity index is 573. The van der Waals surface area contributed by atoms with Crippen molar-refractivity contribution < 1.29 is 19.2 Å². The highest BCUT2D eigenvalue weighted by Gasteiger charge is 2.24. The lowest BCUT2D eigenvalue weighted by atomic mass is 10.1. The Kier molecular flexibility index (Phi) is 6.28. The predicted octanol–water partition coefficient (Wildman–Crippen LogP) is 1.96. The molecule has 0 saturated carbocycles. The molecule has 23 heavy (non-hydrogen) atoms. The zero-order valence-corrected chi connectivity index (χ0v) is 14.2. The molecule has 1 atom stereocenters. The molecule has 1 unspecified atom stereocenters. The second kappa shape index (κ2) is 7.55. The Morgan fingerprint density at radius 2 is 1.96 bits per heavy atom. The minimum atomic E-state index is -0.698. The molecule has 6 nitrogen and oxygen atoms in total. The van der Waals surface area contributed by atoms with Gasteiger partial charge in [-0.2, -0.15) is 0 Å². The van der Waals surface area contributed by atoms with Crippen molar-refractivity contribution >= 4 is 5.69 Å². The highest BCUT2D eigenvalue weighted by atomic mass is 16.6. The largest absolute Gasteiger partial charge is 0.385 e. The fourth-order valence-electron chi connectivity index (χ4n) is 2.25. The molecule has 0 heterocycles. The lowest BCUT2D eigenvalue weighted by molar-refractivity contribution is -0.906. The SMILES string of the molecule is C#CC(C)(C)OCC(O)C[N+](C)(C)Cc1ccc([N+](=O)[O-])cc1. The normalized spacial score (nSPS) is 13.4. The molecule has 0 radical (unpaired) electrons. The topological polar surface area (TPSA) is 72.6 Å². The molecule has 0 aliphatic heterocycles. The predicted molar refractivity (Wildman–Crippen MR) is 88.6 cm³/mol. The summed E-state index contributed by atoms with van der Waals surface area (Å²) < 4.78 is 6.03. The van der Waals surface area contributed by atoms with Gasteiger partial charge < -0.3 is 14.3 Å². The number of likely N-dealkylation sites (N-methyl/N-ethyl adjacent to an activating group) is 1. The van der Waals surface area contributed by atoms with E-state index in [0.717, 1.165) is 5.56 Å². The number of nitro benzene ring substituents is 1. The van der Waals surface area contributed by atoms with Gasteiger partial charge in [-0.3, -0.25) is 10.1 Å². The zero-order valence-electron chi connectivity index (χ0n) is 14.2. The summed E-state index contributed by atoms with van der Waals surface area (Å²) in [6, 6.07) is 6.46. The van der Waals surface area contributed by atoms with Crippen molar-refractivity contribution in [3.05, 3.63) is 39.9 Å². The van der Waals surface area contributed by atoms with Crippen molar-refractivity contribution in [1.29, 1.82) is 0 Å². The van der Waals surface area contributed by atoms with E-state index in [1.165, 1.54) is 12.1 Å². The Balaban J connectivity index is 2.58. The molecule has 6 heteroatoms.